The molecule has 0 aromatic carbocycles. The van der Waals surface area contributed by atoms with E-state index in [2.05, 4.69) is 36.7 Å². The minimum Gasteiger partial charge on any atom is -0.0925 e. The van der Waals surface area contributed by atoms with Gasteiger partial charge in [0, 0.05) is 5.33 Å². The highest BCUT2D eigenvalue weighted by Crippen LogP contribution is 2.63. The lowest BCUT2D eigenvalue weighted by atomic mass is 9.68. The molecule has 82 valence electrons. The van der Waals surface area contributed by atoms with E-state index in [1.165, 1.54) is 37.4 Å². The fourth-order valence-corrected chi connectivity index (χ4v) is 4.24. The number of alkyl halides is 1. The lowest BCUT2D eigenvalue weighted by Gasteiger charge is -2.37. The van der Waals surface area contributed by atoms with Crippen molar-refractivity contribution in [2.75, 3.05) is 5.33 Å². The molecule has 0 heterocycles. The van der Waals surface area contributed by atoms with E-state index in [0.29, 0.717) is 5.41 Å². The van der Waals surface area contributed by atoms with Gasteiger partial charge in [-0.2, -0.15) is 0 Å². The van der Waals surface area contributed by atoms with Crippen LogP contribution < -0.4 is 0 Å². The molecule has 0 amide bonds. The average Bonchev–Trinajstić information content (AvgIpc) is 2.78. The van der Waals surface area contributed by atoms with E-state index < -0.39 is 0 Å². The second kappa shape index (κ2) is 3.50. The summed E-state index contributed by atoms with van der Waals surface area (Å²) in [6.45, 7) is 7.22. The van der Waals surface area contributed by atoms with Gasteiger partial charge in [-0.25, -0.2) is 0 Å². The molecule has 0 aliphatic heterocycles. The normalized spacial score (nSPS) is 42.9. The molecule has 0 aromatic rings. The summed E-state index contributed by atoms with van der Waals surface area (Å²) in [5.41, 5.74) is 1.34. The Bertz CT molecular complexity index is 206. The molecular formula is C13H23Br. The SMILES string of the molecule is CC(C)(C)C1CCC2(CC1)CC2CBr. The first kappa shape index (κ1) is 11.0. The first-order valence-electron chi connectivity index (χ1n) is 6.04. The molecule has 14 heavy (non-hydrogen) atoms. The minimum atomic E-state index is 0.542. The molecule has 0 aromatic heterocycles. The van der Waals surface area contributed by atoms with Gasteiger partial charge in [-0.3, -0.25) is 0 Å². The van der Waals surface area contributed by atoms with Gasteiger partial charge < -0.3 is 0 Å². The second-order valence-electron chi connectivity index (χ2n) is 6.56. The zero-order valence-corrected chi connectivity index (χ0v) is 11.4. The summed E-state index contributed by atoms with van der Waals surface area (Å²) in [4.78, 5) is 0. The molecule has 1 heteroatoms. The quantitative estimate of drug-likeness (QED) is 0.602. The van der Waals surface area contributed by atoms with E-state index in [0.717, 1.165) is 17.3 Å². The molecule has 0 bridgehead atoms. The van der Waals surface area contributed by atoms with Crippen molar-refractivity contribution >= 4 is 15.9 Å². The van der Waals surface area contributed by atoms with Gasteiger partial charge in [-0.1, -0.05) is 36.7 Å². The van der Waals surface area contributed by atoms with Gasteiger partial charge in [0.2, 0.25) is 0 Å². The summed E-state index contributed by atoms with van der Waals surface area (Å²) < 4.78 is 0. The van der Waals surface area contributed by atoms with Crippen molar-refractivity contribution in [2.24, 2.45) is 22.7 Å². The first-order chi connectivity index (χ1) is 6.48. The van der Waals surface area contributed by atoms with Crippen LogP contribution >= 0.6 is 15.9 Å². The molecule has 1 spiro atoms. The van der Waals surface area contributed by atoms with Crippen molar-refractivity contribution in [3.8, 4) is 0 Å². The first-order valence-corrected chi connectivity index (χ1v) is 7.16. The Balaban J connectivity index is 1.88. The van der Waals surface area contributed by atoms with Crippen LogP contribution in [0.3, 0.4) is 0 Å². The van der Waals surface area contributed by atoms with E-state index in [1.54, 1.807) is 0 Å². The summed E-state index contributed by atoms with van der Waals surface area (Å²) in [5, 5.41) is 1.24. The molecular weight excluding hydrogens is 236 g/mol. The second-order valence-corrected chi connectivity index (χ2v) is 7.21. The van der Waals surface area contributed by atoms with Crippen LogP contribution in [0.1, 0.15) is 52.9 Å². The highest BCUT2D eigenvalue weighted by molar-refractivity contribution is 9.09. The van der Waals surface area contributed by atoms with Gasteiger partial charge >= 0.3 is 0 Å². The number of hydrogen-bond acceptors (Lipinski definition) is 0. The maximum absolute atomic E-state index is 3.64. The van der Waals surface area contributed by atoms with Gasteiger partial charge in [0.15, 0.2) is 0 Å². The standard InChI is InChI=1S/C13H23Br/c1-12(2,3)10-4-6-13(7-5-10)8-11(13)9-14/h10-11H,4-9H2,1-3H3. The molecule has 2 rings (SSSR count). The fraction of sp³-hybridized carbons (Fsp3) is 1.00. The molecule has 2 saturated carbocycles. The predicted molar refractivity (Wildman–Crippen MR) is 65.7 cm³/mol. The van der Waals surface area contributed by atoms with Gasteiger partial charge in [-0.05, 0) is 54.8 Å². The van der Waals surface area contributed by atoms with Crippen molar-refractivity contribution in [1.82, 2.24) is 0 Å². The highest BCUT2D eigenvalue weighted by Gasteiger charge is 2.54. The zero-order valence-electron chi connectivity index (χ0n) is 9.78. The number of halogens is 1. The Kier molecular flexibility index (Phi) is 2.75. The maximum atomic E-state index is 3.64. The smallest absolute Gasteiger partial charge is 0.00651 e. The van der Waals surface area contributed by atoms with Gasteiger partial charge in [0.1, 0.15) is 0 Å². The van der Waals surface area contributed by atoms with Crippen molar-refractivity contribution in [3.05, 3.63) is 0 Å². The van der Waals surface area contributed by atoms with E-state index >= 15 is 0 Å². The summed E-state index contributed by atoms with van der Waals surface area (Å²) >= 11 is 3.64. The van der Waals surface area contributed by atoms with Crippen LogP contribution in [0.2, 0.25) is 0 Å². The Morgan fingerprint density at radius 3 is 2.14 bits per heavy atom. The largest absolute Gasteiger partial charge is 0.0925 e. The summed E-state index contributed by atoms with van der Waals surface area (Å²) in [6.07, 6.45) is 7.48. The van der Waals surface area contributed by atoms with E-state index in [1.807, 2.05) is 0 Å². The molecule has 1 unspecified atom stereocenters. The van der Waals surface area contributed by atoms with Crippen molar-refractivity contribution in [2.45, 2.75) is 52.9 Å². The van der Waals surface area contributed by atoms with Crippen molar-refractivity contribution in [1.29, 1.82) is 0 Å². The average molecular weight is 259 g/mol. The Labute approximate surface area is 97.0 Å². The molecule has 0 nitrogen and oxygen atoms in total. The van der Waals surface area contributed by atoms with Crippen LogP contribution in [0.4, 0.5) is 0 Å². The summed E-state index contributed by atoms with van der Waals surface area (Å²) in [6, 6.07) is 0. The number of hydrogen-bond donors (Lipinski definition) is 0. The lowest BCUT2D eigenvalue weighted by Crippen LogP contribution is -2.27. The summed E-state index contributed by atoms with van der Waals surface area (Å²) in [5.74, 6) is 1.99. The van der Waals surface area contributed by atoms with Gasteiger partial charge in [0.25, 0.3) is 0 Å². The fourth-order valence-electron chi connectivity index (χ4n) is 3.32. The van der Waals surface area contributed by atoms with Gasteiger partial charge in [0.05, 0.1) is 0 Å². The Hall–Kier alpha value is 0.480. The zero-order chi connectivity index (χ0) is 10.4. The van der Waals surface area contributed by atoms with Crippen LogP contribution in [0.5, 0.6) is 0 Å². The molecule has 2 aliphatic rings. The lowest BCUT2D eigenvalue weighted by molar-refractivity contribution is 0.136. The molecule has 0 radical (unpaired) electrons. The molecule has 1 atom stereocenters. The third kappa shape index (κ3) is 1.89. The highest BCUT2D eigenvalue weighted by atomic mass is 79.9. The van der Waals surface area contributed by atoms with Crippen molar-refractivity contribution < 1.29 is 0 Å². The van der Waals surface area contributed by atoms with E-state index in [9.17, 15) is 0 Å². The molecule has 2 aliphatic carbocycles. The third-order valence-electron chi connectivity index (χ3n) is 4.75. The van der Waals surface area contributed by atoms with E-state index in [-0.39, 0.29) is 0 Å². The molecule has 2 fully saturated rings. The minimum absolute atomic E-state index is 0.542. The number of rotatable bonds is 1. The maximum Gasteiger partial charge on any atom is 0.00651 e. The van der Waals surface area contributed by atoms with Gasteiger partial charge in [-0.15, -0.1) is 0 Å². The topological polar surface area (TPSA) is 0 Å². The van der Waals surface area contributed by atoms with Crippen LogP contribution in [0.25, 0.3) is 0 Å². The van der Waals surface area contributed by atoms with Crippen molar-refractivity contribution in [3.63, 3.8) is 0 Å². The van der Waals surface area contributed by atoms with Crippen LogP contribution in [0, 0.1) is 22.7 Å². The molecule has 0 saturated heterocycles. The third-order valence-corrected chi connectivity index (χ3v) is 5.53. The molecule has 0 N–H and O–H groups in total. The predicted octanol–water partition coefficient (Wildman–Crippen LogP) is 4.62. The van der Waals surface area contributed by atoms with Crippen LogP contribution in [-0.2, 0) is 0 Å². The Morgan fingerprint density at radius 1 is 1.21 bits per heavy atom. The monoisotopic (exact) mass is 258 g/mol. The van der Waals surface area contributed by atoms with Crippen LogP contribution in [0.15, 0.2) is 0 Å². The Morgan fingerprint density at radius 2 is 1.79 bits per heavy atom. The summed E-state index contributed by atoms with van der Waals surface area (Å²) in [7, 11) is 0. The van der Waals surface area contributed by atoms with Crippen LogP contribution in [-0.4, -0.2) is 5.33 Å². The van der Waals surface area contributed by atoms with E-state index in [4.69, 9.17) is 0 Å².